The molecule has 1 fully saturated rings. The molecule has 0 aromatic heterocycles. The van der Waals surface area contributed by atoms with Crippen LogP contribution >= 0.6 is 0 Å². The molecule has 132 valence electrons. The molecule has 0 amide bonds. The van der Waals surface area contributed by atoms with Crippen molar-refractivity contribution in [1.82, 2.24) is 0 Å². The van der Waals surface area contributed by atoms with E-state index in [2.05, 4.69) is 44.2 Å². The summed E-state index contributed by atoms with van der Waals surface area (Å²) in [4.78, 5) is 0. The van der Waals surface area contributed by atoms with Crippen LogP contribution in [0.4, 0.5) is 0 Å². The zero-order valence-electron chi connectivity index (χ0n) is 15.9. The summed E-state index contributed by atoms with van der Waals surface area (Å²) in [7, 11) is 0. The molecule has 0 bridgehead atoms. The Kier molecular flexibility index (Phi) is 6.58. The molecule has 0 heterocycles. The molecule has 0 radical (unpaired) electrons. The molecule has 1 unspecified atom stereocenters. The number of allylic oxidation sites excluding steroid dienone is 2. The Morgan fingerprint density at radius 1 is 0.792 bits per heavy atom. The first-order valence-corrected chi connectivity index (χ1v) is 10.6. The normalized spacial score (nSPS) is 27.8. The molecule has 0 N–H and O–H groups in total. The Hall–Kier alpha value is -1.04. The fourth-order valence-electron chi connectivity index (χ4n) is 4.98. The van der Waals surface area contributed by atoms with Gasteiger partial charge < -0.3 is 0 Å². The maximum absolute atomic E-state index is 2.52. The molecule has 0 spiro atoms. The van der Waals surface area contributed by atoms with E-state index >= 15 is 0 Å². The summed E-state index contributed by atoms with van der Waals surface area (Å²) in [6.45, 7) is 4.64. The van der Waals surface area contributed by atoms with Gasteiger partial charge in [-0.15, -0.1) is 0 Å². The topological polar surface area (TPSA) is 0 Å². The van der Waals surface area contributed by atoms with Crippen LogP contribution in [0, 0.1) is 11.8 Å². The fraction of sp³-hybridized carbons (Fsp3) is 0.667. The fourth-order valence-corrected chi connectivity index (χ4v) is 4.98. The Labute approximate surface area is 149 Å². The second-order valence-corrected chi connectivity index (χ2v) is 8.29. The van der Waals surface area contributed by atoms with Crippen molar-refractivity contribution in [3.8, 4) is 0 Å². The Bertz CT molecular complexity index is 513. The lowest BCUT2D eigenvalue weighted by molar-refractivity contribution is 0.308. The molecule has 3 rings (SSSR count). The van der Waals surface area contributed by atoms with Gasteiger partial charge in [-0.1, -0.05) is 69.9 Å². The van der Waals surface area contributed by atoms with Crippen molar-refractivity contribution in [1.29, 1.82) is 0 Å². The minimum Gasteiger partial charge on any atom is -0.0804 e. The van der Waals surface area contributed by atoms with Crippen molar-refractivity contribution in [2.75, 3.05) is 0 Å². The molecule has 0 saturated heterocycles. The first-order valence-electron chi connectivity index (χ1n) is 10.6. The molecule has 24 heavy (non-hydrogen) atoms. The van der Waals surface area contributed by atoms with E-state index in [4.69, 9.17) is 0 Å². The van der Waals surface area contributed by atoms with Crippen molar-refractivity contribution in [3.63, 3.8) is 0 Å². The van der Waals surface area contributed by atoms with Crippen molar-refractivity contribution in [3.05, 3.63) is 41.5 Å². The minimum atomic E-state index is 0.821. The molecule has 2 aliphatic carbocycles. The molecule has 1 atom stereocenters. The van der Waals surface area contributed by atoms with E-state index in [1.807, 2.05) is 0 Å². The molecule has 1 saturated carbocycles. The number of hydrogen-bond acceptors (Lipinski definition) is 0. The predicted octanol–water partition coefficient (Wildman–Crippen LogP) is 7.74. The van der Waals surface area contributed by atoms with Gasteiger partial charge in [-0.2, -0.15) is 0 Å². The highest BCUT2D eigenvalue weighted by molar-refractivity contribution is 5.66. The summed E-state index contributed by atoms with van der Waals surface area (Å²) < 4.78 is 0. The summed E-state index contributed by atoms with van der Waals surface area (Å²) in [6.07, 6.45) is 17.8. The van der Waals surface area contributed by atoms with E-state index in [0.29, 0.717) is 0 Å². The lowest BCUT2D eigenvalue weighted by Crippen LogP contribution is -2.13. The third-order valence-electron chi connectivity index (χ3n) is 6.51. The van der Waals surface area contributed by atoms with Gasteiger partial charge in [-0.05, 0) is 79.4 Å². The monoisotopic (exact) mass is 324 g/mol. The van der Waals surface area contributed by atoms with Crippen LogP contribution in [0.5, 0.6) is 0 Å². The van der Waals surface area contributed by atoms with Crippen LogP contribution in [-0.2, 0) is 0 Å². The molecule has 2 aliphatic rings. The predicted molar refractivity (Wildman–Crippen MR) is 106 cm³/mol. The molecule has 0 heteroatoms. The van der Waals surface area contributed by atoms with Crippen LogP contribution < -0.4 is 0 Å². The van der Waals surface area contributed by atoms with Crippen LogP contribution in [0.25, 0.3) is 5.57 Å². The van der Waals surface area contributed by atoms with E-state index < -0.39 is 0 Å². The smallest absolute Gasteiger partial charge is 0.0162 e. The first-order chi connectivity index (χ1) is 11.8. The molecular weight excluding hydrogens is 288 g/mol. The largest absolute Gasteiger partial charge is 0.0804 e. The summed E-state index contributed by atoms with van der Waals surface area (Å²) in [6, 6.07) is 9.66. The number of rotatable bonds is 6. The van der Waals surface area contributed by atoms with Gasteiger partial charge in [-0.25, -0.2) is 0 Å². The van der Waals surface area contributed by atoms with E-state index in [0.717, 1.165) is 17.8 Å². The van der Waals surface area contributed by atoms with Crippen molar-refractivity contribution >= 4 is 5.57 Å². The zero-order chi connectivity index (χ0) is 16.8. The molecule has 1 aromatic carbocycles. The van der Waals surface area contributed by atoms with Crippen LogP contribution in [0.2, 0.25) is 0 Å². The lowest BCUT2D eigenvalue weighted by atomic mass is 9.77. The van der Waals surface area contributed by atoms with Crippen molar-refractivity contribution in [2.45, 2.75) is 90.4 Å². The maximum atomic E-state index is 2.52. The zero-order valence-corrected chi connectivity index (χ0v) is 15.9. The van der Waals surface area contributed by atoms with Crippen LogP contribution in [0.15, 0.2) is 30.3 Å². The van der Waals surface area contributed by atoms with E-state index in [-0.39, 0.29) is 0 Å². The van der Waals surface area contributed by atoms with Crippen LogP contribution in [0.3, 0.4) is 0 Å². The minimum absolute atomic E-state index is 0.821. The molecule has 0 nitrogen and oxygen atoms in total. The molecule has 1 aromatic rings. The number of hydrogen-bond donors (Lipinski definition) is 0. The van der Waals surface area contributed by atoms with Gasteiger partial charge in [0, 0.05) is 0 Å². The second kappa shape index (κ2) is 8.88. The summed E-state index contributed by atoms with van der Waals surface area (Å²) in [5.74, 6) is 2.77. The van der Waals surface area contributed by atoms with Gasteiger partial charge in [0.2, 0.25) is 0 Å². The van der Waals surface area contributed by atoms with Crippen LogP contribution in [-0.4, -0.2) is 0 Å². The van der Waals surface area contributed by atoms with Gasteiger partial charge in [0.15, 0.2) is 0 Å². The Morgan fingerprint density at radius 2 is 1.46 bits per heavy atom. The Balaban J connectivity index is 1.56. The second-order valence-electron chi connectivity index (χ2n) is 8.29. The van der Waals surface area contributed by atoms with Gasteiger partial charge in [0.05, 0.1) is 0 Å². The van der Waals surface area contributed by atoms with Crippen molar-refractivity contribution < 1.29 is 0 Å². The lowest BCUT2D eigenvalue weighted by Gasteiger charge is -2.29. The third-order valence-corrected chi connectivity index (χ3v) is 6.51. The number of benzene rings is 1. The molecule has 0 aliphatic heterocycles. The highest BCUT2D eigenvalue weighted by Crippen LogP contribution is 2.38. The van der Waals surface area contributed by atoms with Gasteiger partial charge >= 0.3 is 0 Å². The van der Waals surface area contributed by atoms with Crippen LogP contribution in [0.1, 0.15) is 102 Å². The SMILES string of the molecule is CCCC1CC=C(c2ccc([C@H]3CC[C@H](CCC)CC3)cc2)CC1. The summed E-state index contributed by atoms with van der Waals surface area (Å²) in [5, 5.41) is 0. The van der Waals surface area contributed by atoms with Crippen molar-refractivity contribution in [2.24, 2.45) is 11.8 Å². The highest BCUT2D eigenvalue weighted by atomic mass is 14.3. The van der Waals surface area contributed by atoms with E-state index in [1.54, 1.807) is 11.1 Å². The van der Waals surface area contributed by atoms with Gasteiger partial charge in [0.25, 0.3) is 0 Å². The average molecular weight is 325 g/mol. The summed E-state index contributed by atoms with van der Waals surface area (Å²) >= 11 is 0. The van der Waals surface area contributed by atoms with Gasteiger partial charge in [-0.3, -0.25) is 0 Å². The standard InChI is InChI=1S/C24H36/c1-3-5-19-7-11-21(12-8-19)23-15-17-24(18-16-23)22-13-9-20(6-4-2)10-14-22/h11,15-20,22H,3-10,12-14H2,1-2H3/t19?,20-,22-. The average Bonchev–Trinajstić information content (AvgIpc) is 2.64. The third kappa shape index (κ3) is 4.52. The first kappa shape index (κ1) is 17.8. The Morgan fingerprint density at radius 3 is 2.04 bits per heavy atom. The maximum Gasteiger partial charge on any atom is -0.0162 e. The highest BCUT2D eigenvalue weighted by Gasteiger charge is 2.22. The van der Waals surface area contributed by atoms with Gasteiger partial charge in [0.1, 0.15) is 0 Å². The summed E-state index contributed by atoms with van der Waals surface area (Å²) in [5.41, 5.74) is 4.67. The van der Waals surface area contributed by atoms with E-state index in [1.165, 1.54) is 76.2 Å². The molecular formula is C24H36. The van der Waals surface area contributed by atoms with E-state index in [9.17, 15) is 0 Å². The quantitative estimate of drug-likeness (QED) is 0.502.